The van der Waals surface area contributed by atoms with Gasteiger partial charge < -0.3 is 0 Å². The fraction of sp³-hybridized carbons (Fsp3) is 0.321. The number of Topliss-reactive ketones (excluding diaryl/α,β-unsaturated/α-hetero) is 2. The molecule has 0 atom stereocenters. The second-order valence-corrected chi connectivity index (χ2v) is 9.12. The maximum Gasteiger partial charge on any atom is 0.198 e. The van der Waals surface area contributed by atoms with Gasteiger partial charge in [0.15, 0.2) is 17.1 Å². The molecule has 1 aliphatic carbocycles. The predicted molar refractivity (Wildman–Crippen MR) is 128 cm³/mol. The number of aromatic nitrogens is 1. The number of carbonyl (C=O) groups is 2. The number of nitrogens with zero attached hydrogens (tertiary/aromatic N) is 3. The molecule has 0 unspecified atom stereocenters. The van der Waals surface area contributed by atoms with Crippen LogP contribution >= 0.6 is 0 Å². The highest BCUT2D eigenvalue weighted by molar-refractivity contribution is 6.32. The molecule has 0 saturated carbocycles. The van der Waals surface area contributed by atoms with Gasteiger partial charge in [-0.15, -0.1) is 0 Å². The monoisotopic (exact) mass is 457 g/mol. The first kappa shape index (κ1) is 22.6. The highest BCUT2D eigenvalue weighted by atomic mass is 19.1. The number of hydrogen-bond acceptors (Lipinski definition) is 5. The van der Waals surface area contributed by atoms with E-state index >= 15 is 0 Å². The molecule has 6 heteroatoms. The molecule has 34 heavy (non-hydrogen) atoms. The zero-order valence-corrected chi connectivity index (χ0v) is 19.6. The number of hydrogen-bond donors (Lipinski definition) is 0. The second kappa shape index (κ2) is 8.85. The van der Waals surface area contributed by atoms with E-state index in [0.717, 1.165) is 23.2 Å². The summed E-state index contributed by atoms with van der Waals surface area (Å²) in [6.45, 7) is 7.05. The molecule has 2 aromatic carbocycles. The summed E-state index contributed by atoms with van der Waals surface area (Å²) in [7, 11) is 0. The summed E-state index contributed by atoms with van der Waals surface area (Å²) in [6, 6.07) is 17.6. The largest absolute Gasteiger partial charge is 0.297 e. The highest BCUT2D eigenvalue weighted by Crippen LogP contribution is 2.42. The number of halogens is 1. The first-order chi connectivity index (χ1) is 16.4. The quantitative estimate of drug-likeness (QED) is 0.538. The van der Waals surface area contributed by atoms with Gasteiger partial charge in [0.2, 0.25) is 0 Å². The summed E-state index contributed by atoms with van der Waals surface area (Å²) in [4.78, 5) is 36.9. The minimum absolute atomic E-state index is 0.191. The third-order valence-corrected chi connectivity index (χ3v) is 7.16. The summed E-state index contributed by atoms with van der Waals surface area (Å²) >= 11 is 0. The van der Waals surface area contributed by atoms with Crippen LogP contribution in [0.1, 0.15) is 50.2 Å². The summed E-state index contributed by atoms with van der Waals surface area (Å²) in [5.74, 6) is -0.619. The molecule has 0 bridgehead atoms. The normalized spacial score (nSPS) is 18.3. The fourth-order valence-electron chi connectivity index (χ4n) is 5.22. The van der Waals surface area contributed by atoms with Crippen molar-refractivity contribution in [3.8, 4) is 0 Å². The van der Waals surface area contributed by atoms with E-state index in [9.17, 15) is 14.0 Å². The van der Waals surface area contributed by atoms with Crippen molar-refractivity contribution in [3.63, 3.8) is 0 Å². The first-order valence-electron chi connectivity index (χ1n) is 11.8. The summed E-state index contributed by atoms with van der Waals surface area (Å²) in [5.41, 5.74) is 2.87. The average molecular weight is 458 g/mol. The van der Waals surface area contributed by atoms with Gasteiger partial charge in [-0.2, -0.15) is 0 Å². The van der Waals surface area contributed by atoms with Crippen LogP contribution < -0.4 is 0 Å². The van der Waals surface area contributed by atoms with Crippen molar-refractivity contribution in [2.75, 3.05) is 26.2 Å². The molecule has 1 aliphatic heterocycles. The molecule has 2 heterocycles. The zero-order chi connectivity index (χ0) is 23.9. The number of carbonyl (C=O) groups excluding carboxylic acids is 2. The van der Waals surface area contributed by atoms with E-state index in [4.69, 9.17) is 4.98 Å². The number of fused-ring (bicyclic) bond motifs is 1. The highest BCUT2D eigenvalue weighted by Gasteiger charge is 2.59. The van der Waals surface area contributed by atoms with Crippen molar-refractivity contribution < 1.29 is 14.0 Å². The minimum atomic E-state index is -1.43. The molecule has 5 nitrogen and oxygen atoms in total. The topological polar surface area (TPSA) is 53.5 Å². The van der Waals surface area contributed by atoms with Crippen molar-refractivity contribution in [1.82, 2.24) is 14.8 Å². The standard InChI is InChI=1S/C28H28FN3O2/c1-3-22-7-6-10-25(30-22)28(26(33)23-8-4-5-9-24(23)27(28)34)32-15-13-31(14-16-32)18-20-17-21(29)12-11-19(20)2/h4-12,17H,3,13-16,18H2,1-2H3. The molecule has 2 aliphatic rings. The van der Waals surface area contributed by atoms with Gasteiger partial charge in [0.25, 0.3) is 0 Å². The molecule has 0 N–H and O–H groups in total. The van der Waals surface area contributed by atoms with Crippen molar-refractivity contribution in [1.29, 1.82) is 0 Å². The molecule has 0 spiro atoms. The maximum absolute atomic E-state index is 13.9. The Balaban J connectivity index is 1.48. The molecule has 1 aromatic heterocycles. The van der Waals surface area contributed by atoms with E-state index < -0.39 is 5.54 Å². The van der Waals surface area contributed by atoms with Crippen LogP contribution in [0.25, 0.3) is 0 Å². The molecular weight excluding hydrogens is 429 g/mol. The van der Waals surface area contributed by atoms with Crippen LogP contribution in [0.15, 0.2) is 60.7 Å². The van der Waals surface area contributed by atoms with Crippen LogP contribution in [0.4, 0.5) is 4.39 Å². The van der Waals surface area contributed by atoms with Crippen molar-refractivity contribution in [2.45, 2.75) is 32.4 Å². The lowest BCUT2D eigenvalue weighted by Crippen LogP contribution is -2.60. The Labute approximate surface area is 199 Å². The van der Waals surface area contributed by atoms with Gasteiger partial charge in [0, 0.05) is 49.5 Å². The van der Waals surface area contributed by atoms with E-state index in [1.807, 2.05) is 36.9 Å². The van der Waals surface area contributed by atoms with E-state index in [-0.39, 0.29) is 17.4 Å². The summed E-state index contributed by atoms with van der Waals surface area (Å²) in [6.07, 6.45) is 0.722. The average Bonchev–Trinajstić information content (AvgIpc) is 3.09. The Hall–Kier alpha value is -3.22. The maximum atomic E-state index is 13.9. The van der Waals surface area contributed by atoms with Gasteiger partial charge in [-0.25, -0.2) is 4.39 Å². The van der Waals surface area contributed by atoms with E-state index in [1.54, 1.807) is 36.4 Å². The Bertz CT molecular complexity index is 1230. The summed E-state index contributed by atoms with van der Waals surface area (Å²) < 4.78 is 13.8. The van der Waals surface area contributed by atoms with Gasteiger partial charge in [-0.1, -0.05) is 43.3 Å². The second-order valence-electron chi connectivity index (χ2n) is 9.12. The van der Waals surface area contributed by atoms with Crippen LogP contribution in [0, 0.1) is 12.7 Å². The molecule has 1 saturated heterocycles. The molecule has 0 radical (unpaired) electrons. The minimum Gasteiger partial charge on any atom is -0.297 e. The Morgan fingerprint density at radius 1 is 0.912 bits per heavy atom. The first-order valence-corrected chi connectivity index (χ1v) is 11.8. The van der Waals surface area contributed by atoms with Crippen LogP contribution in [-0.4, -0.2) is 52.5 Å². The summed E-state index contributed by atoms with van der Waals surface area (Å²) in [5, 5.41) is 0. The Morgan fingerprint density at radius 2 is 1.59 bits per heavy atom. The molecular formula is C28H28FN3O2. The fourth-order valence-corrected chi connectivity index (χ4v) is 5.22. The number of aryl methyl sites for hydroxylation is 2. The van der Waals surface area contributed by atoms with Crippen LogP contribution in [0.5, 0.6) is 0 Å². The lowest BCUT2D eigenvalue weighted by atomic mass is 9.85. The van der Waals surface area contributed by atoms with Gasteiger partial charge in [0.1, 0.15) is 5.82 Å². The van der Waals surface area contributed by atoms with Gasteiger partial charge >= 0.3 is 0 Å². The van der Waals surface area contributed by atoms with E-state index in [0.29, 0.717) is 49.5 Å². The number of pyridine rings is 1. The van der Waals surface area contributed by atoms with Gasteiger partial charge in [0.05, 0.1) is 5.69 Å². The van der Waals surface area contributed by atoms with Crippen LogP contribution in [0.3, 0.4) is 0 Å². The predicted octanol–water partition coefficient (Wildman–Crippen LogP) is 4.18. The Kier molecular flexibility index (Phi) is 5.88. The van der Waals surface area contributed by atoms with Crippen molar-refractivity contribution >= 4 is 11.6 Å². The molecule has 3 aromatic rings. The number of ketones is 2. The van der Waals surface area contributed by atoms with E-state index in [1.165, 1.54) is 6.07 Å². The molecule has 5 rings (SSSR count). The third-order valence-electron chi connectivity index (χ3n) is 7.16. The van der Waals surface area contributed by atoms with Gasteiger partial charge in [-0.05, 0) is 48.7 Å². The van der Waals surface area contributed by atoms with Crippen LogP contribution in [0.2, 0.25) is 0 Å². The number of piperazine rings is 1. The zero-order valence-electron chi connectivity index (χ0n) is 19.6. The molecule has 174 valence electrons. The SMILES string of the molecule is CCc1cccc(C2(N3CCN(Cc4cc(F)ccc4C)CC3)C(=O)c3ccccc3C2=O)n1. The molecule has 0 amide bonds. The van der Waals surface area contributed by atoms with E-state index in [2.05, 4.69) is 4.90 Å². The van der Waals surface area contributed by atoms with Crippen molar-refractivity contribution in [3.05, 3.63) is 100 Å². The van der Waals surface area contributed by atoms with Crippen LogP contribution in [-0.2, 0) is 18.5 Å². The smallest absolute Gasteiger partial charge is 0.198 e. The third kappa shape index (κ3) is 3.58. The Morgan fingerprint density at radius 3 is 2.24 bits per heavy atom. The lowest BCUT2D eigenvalue weighted by molar-refractivity contribution is 0.0266. The van der Waals surface area contributed by atoms with Crippen molar-refractivity contribution in [2.24, 2.45) is 0 Å². The number of benzene rings is 2. The number of rotatable bonds is 5. The molecule has 1 fully saturated rings. The van der Waals surface area contributed by atoms with Gasteiger partial charge in [-0.3, -0.25) is 24.4 Å². The lowest BCUT2D eigenvalue weighted by Gasteiger charge is -2.43.